The van der Waals surface area contributed by atoms with Crippen LogP contribution in [0.3, 0.4) is 0 Å². The van der Waals surface area contributed by atoms with E-state index in [4.69, 9.17) is 0 Å². The fourth-order valence-electron chi connectivity index (χ4n) is 2.53. The smallest absolute Gasteiger partial charge is 0.304 e. The lowest BCUT2D eigenvalue weighted by Crippen LogP contribution is -2.62. The fourth-order valence-corrected chi connectivity index (χ4v) is 2.53. The van der Waals surface area contributed by atoms with Crippen LogP contribution in [0.2, 0.25) is 0 Å². The average molecular weight is 252 g/mol. The molecule has 1 aliphatic heterocycles. The number of piperidine rings is 1. The molecule has 0 spiro atoms. The van der Waals surface area contributed by atoms with Crippen molar-refractivity contribution in [3.8, 4) is 0 Å². The highest BCUT2D eigenvalue weighted by Crippen LogP contribution is 2.38. The second-order valence-electron chi connectivity index (χ2n) is 5.30. The van der Waals surface area contributed by atoms with Gasteiger partial charge < -0.3 is 10.2 Å². The van der Waals surface area contributed by atoms with Crippen LogP contribution in [0.5, 0.6) is 0 Å². The number of alkyl halides is 3. The van der Waals surface area contributed by atoms with Crippen LogP contribution >= 0.6 is 0 Å². The highest BCUT2D eigenvalue weighted by Gasteiger charge is 2.54. The van der Waals surface area contributed by atoms with Gasteiger partial charge >= 0.3 is 6.18 Å². The zero-order chi connectivity index (χ0) is 13.1. The van der Waals surface area contributed by atoms with Crippen molar-refractivity contribution < 1.29 is 13.2 Å². The third-order valence-electron chi connectivity index (χ3n) is 3.39. The lowest BCUT2D eigenvalue weighted by molar-refractivity contribution is -0.208. The van der Waals surface area contributed by atoms with Crippen LogP contribution in [-0.4, -0.2) is 42.8 Å². The van der Waals surface area contributed by atoms with Gasteiger partial charge in [0.1, 0.15) is 5.54 Å². The summed E-state index contributed by atoms with van der Waals surface area (Å²) in [6.45, 7) is 8.24. The monoisotopic (exact) mass is 252 g/mol. The Bertz CT molecular complexity index is 230. The van der Waals surface area contributed by atoms with Crippen molar-refractivity contribution in [3.63, 3.8) is 0 Å². The largest absolute Gasteiger partial charge is 0.406 e. The van der Waals surface area contributed by atoms with Gasteiger partial charge in [0.05, 0.1) is 0 Å². The Morgan fingerprint density at radius 1 is 1.24 bits per heavy atom. The predicted molar refractivity (Wildman–Crippen MR) is 63.0 cm³/mol. The topological polar surface area (TPSA) is 15.3 Å². The van der Waals surface area contributed by atoms with Gasteiger partial charge in [0.2, 0.25) is 0 Å². The van der Waals surface area contributed by atoms with Crippen LogP contribution < -0.4 is 5.32 Å². The van der Waals surface area contributed by atoms with Gasteiger partial charge in [-0.1, -0.05) is 20.8 Å². The SMILES string of the molecule is CCNC1(C(F)(F)F)CCN(CC(C)C)CC1. The average Bonchev–Trinajstić information content (AvgIpc) is 2.19. The van der Waals surface area contributed by atoms with Gasteiger partial charge in [-0.3, -0.25) is 0 Å². The zero-order valence-electron chi connectivity index (χ0n) is 10.9. The van der Waals surface area contributed by atoms with Gasteiger partial charge in [-0.25, -0.2) is 0 Å². The summed E-state index contributed by atoms with van der Waals surface area (Å²) in [6, 6.07) is 0. The van der Waals surface area contributed by atoms with Crippen molar-refractivity contribution >= 4 is 0 Å². The molecular weight excluding hydrogens is 229 g/mol. The Hall–Kier alpha value is -0.290. The molecule has 102 valence electrons. The van der Waals surface area contributed by atoms with E-state index in [-0.39, 0.29) is 12.8 Å². The third-order valence-corrected chi connectivity index (χ3v) is 3.39. The molecule has 0 atom stereocenters. The van der Waals surface area contributed by atoms with Gasteiger partial charge in [-0.05, 0) is 25.3 Å². The Kier molecular flexibility index (Phi) is 4.84. The molecule has 0 aromatic rings. The van der Waals surface area contributed by atoms with E-state index >= 15 is 0 Å². The quantitative estimate of drug-likeness (QED) is 0.827. The minimum atomic E-state index is -4.15. The molecule has 1 rings (SSSR count). The van der Waals surface area contributed by atoms with Gasteiger partial charge in [0, 0.05) is 19.6 Å². The van der Waals surface area contributed by atoms with E-state index in [1.807, 2.05) is 0 Å². The molecule has 17 heavy (non-hydrogen) atoms. The summed E-state index contributed by atoms with van der Waals surface area (Å²) < 4.78 is 39.3. The van der Waals surface area contributed by atoms with Crippen molar-refractivity contribution in [2.24, 2.45) is 5.92 Å². The van der Waals surface area contributed by atoms with E-state index in [0.717, 1.165) is 6.54 Å². The highest BCUT2D eigenvalue weighted by molar-refractivity contribution is 4.99. The lowest BCUT2D eigenvalue weighted by atomic mass is 9.86. The van der Waals surface area contributed by atoms with Crippen LogP contribution in [0, 0.1) is 5.92 Å². The molecule has 0 aliphatic carbocycles. The second-order valence-corrected chi connectivity index (χ2v) is 5.30. The van der Waals surface area contributed by atoms with Crippen molar-refractivity contribution in [1.82, 2.24) is 10.2 Å². The fraction of sp³-hybridized carbons (Fsp3) is 1.00. The van der Waals surface area contributed by atoms with Crippen LogP contribution in [0.15, 0.2) is 0 Å². The van der Waals surface area contributed by atoms with Crippen LogP contribution in [0.1, 0.15) is 33.6 Å². The van der Waals surface area contributed by atoms with Crippen molar-refractivity contribution in [2.45, 2.75) is 45.3 Å². The first kappa shape index (κ1) is 14.8. The van der Waals surface area contributed by atoms with Crippen molar-refractivity contribution in [3.05, 3.63) is 0 Å². The summed E-state index contributed by atoms with van der Waals surface area (Å²) in [5.74, 6) is 0.507. The maximum atomic E-state index is 13.1. The Morgan fingerprint density at radius 2 is 1.76 bits per heavy atom. The minimum absolute atomic E-state index is 0.164. The molecule has 0 saturated carbocycles. The first-order chi connectivity index (χ1) is 7.81. The van der Waals surface area contributed by atoms with Gasteiger partial charge in [0.15, 0.2) is 0 Å². The van der Waals surface area contributed by atoms with E-state index in [1.165, 1.54) is 0 Å². The zero-order valence-corrected chi connectivity index (χ0v) is 10.9. The number of hydrogen-bond donors (Lipinski definition) is 1. The summed E-state index contributed by atoms with van der Waals surface area (Å²) in [5, 5.41) is 2.66. The normalized spacial score (nSPS) is 22.1. The van der Waals surface area contributed by atoms with Gasteiger partial charge in [-0.2, -0.15) is 13.2 Å². The number of hydrogen-bond acceptors (Lipinski definition) is 2. The predicted octanol–water partition coefficient (Wildman–Crippen LogP) is 2.65. The standard InChI is InChI=1S/C12H23F3N2/c1-4-16-11(12(13,14)15)5-7-17(8-6-11)9-10(2)3/h10,16H,4-9H2,1-3H3. The molecule has 2 nitrogen and oxygen atoms in total. The molecular formula is C12H23F3N2. The van der Waals surface area contributed by atoms with E-state index in [1.54, 1.807) is 6.92 Å². The van der Waals surface area contributed by atoms with E-state index in [0.29, 0.717) is 25.6 Å². The molecule has 0 radical (unpaired) electrons. The summed E-state index contributed by atoms with van der Waals surface area (Å²) in [6.07, 6.45) is -3.82. The molecule has 1 heterocycles. The summed E-state index contributed by atoms with van der Waals surface area (Å²) in [4.78, 5) is 2.13. The Balaban J connectivity index is 2.62. The first-order valence-corrected chi connectivity index (χ1v) is 6.35. The maximum absolute atomic E-state index is 13.1. The molecule has 0 bridgehead atoms. The molecule has 1 saturated heterocycles. The Labute approximate surface area is 102 Å². The number of halogens is 3. The molecule has 1 aliphatic rings. The number of likely N-dealkylation sites (tertiary alicyclic amines) is 1. The molecule has 1 N–H and O–H groups in total. The summed E-state index contributed by atoms with van der Waals surface area (Å²) in [7, 11) is 0. The molecule has 5 heteroatoms. The van der Waals surface area contributed by atoms with Crippen LogP contribution in [0.25, 0.3) is 0 Å². The summed E-state index contributed by atoms with van der Waals surface area (Å²) in [5.41, 5.74) is -1.66. The minimum Gasteiger partial charge on any atom is -0.304 e. The molecule has 0 aromatic heterocycles. The van der Waals surface area contributed by atoms with E-state index in [2.05, 4.69) is 24.1 Å². The number of nitrogens with one attached hydrogen (secondary N) is 1. The van der Waals surface area contributed by atoms with Gasteiger partial charge in [-0.15, -0.1) is 0 Å². The first-order valence-electron chi connectivity index (χ1n) is 6.35. The van der Waals surface area contributed by atoms with Crippen molar-refractivity contribution in [1.29, 1.82) is 0 Å². The van der Waals surface area contributed by atoms with Crippen LogP contribution in [0.4, 0.5) is 13.2 Å². The second kappa shape index (κ2) is 5.57. The number of nitrogens with zero attached hydrogens (tertiary/aromatic N) is 1. The van der Waals surface area contributed by atoms with Crippen LogP contribution in [-0.2, 0) is 0 Å². The molecule has 1 fully saturated rings. The molecule has 0 unspecified atom stereocenters. The Morgan fingerprint density at radius 3 is 2.12 bits per heavy atom. The third kappa shape index (κ3) is 3.58. The highest BCUT2D eigenvalue weighted by atomic mass is 19.4. The number of rotatable bonds is 4. The maximum Gasteiger partial charge on any atom is 0.406 e. The summed E-state index contributed by atoms with van der Waals surface area (Å²) >= 11 is 0. The van der Waals surface area contributed by atoms with Gasteiger partial charge in [0.25, 0.3) is 0 Å². The van der Waals surface area contributed by atoms with E-state index in [9.17, 15) is 13.2 Å². The molecule has 0 amide bonds. The molecule has 0 aromatic carbocycles. The van der Waals surface area contributed by atoms with Crippen molar-refractivity contribution in [2.75, 3.05) is 26.2 Å². The lowest BCUT2D eigenvalue weighted by Gasteiger charge is -2.43. The van der Waals surface area contributed by atoms with E-state index < -0.39 is 11.7 Å².